The summed E-state index contributed by atoms with van der Waals surface area (Å²) in [6.45, 7) is 3.82. The number of hydrogen-bond acceptors (Lipinski definition) is 1. The number of aryl methyl sites for hydroxylation is 2. The topological polar surface area (TPSA) is 33.6 Å². The lowest BCUT2D eigenvalue weighted by molar-refractivity contribution is -0.143. The summed E-state index contributed by atoms with van der Waals surface area (Å²) in [5, 5.41) is 14.2. The van der Waals surface area contributed by atoms with E-state index in [1.807, 2.05) is 108 Å². The molecule has 0 atom stereocenters. The smallest absolute Gasteiger partial charge is 0.309 e. The molecule has 0 unspecified atom stereocenters. The Bertz CT molecular complexity index is 2690. The Morgan fingerprint density at radius 3 is 1.44 bits per heavy atom. The van der Waals surface area contributed by atoms with Crippen molar-refractivity contribution in [3.8, 4) is 28.6 Å². The molecule has 50 heavy (non-hydrogen) atoms. The molecule has 0 saturated heterocycles. The number of alkyl halides is 6. The van der Waals surface area contributed by atoms with Crippen molar-refractivity contribution in [1.29, 1.82) is 5.26 Å². The van der Waals surface area contributed by atoms with Gasteiger partial charge < -0.3 is 9.13 Å². The highest BCUT2D eigenvalue weighted by Crippen LogP contribution is 2.44. The summed E-state index contributed by atoms with van der Waals surface area (Å²) < 4.78 is 89.3. The van der Waals surface area contributed by atoms with Gasteiger partial charge in [-0.15, -0.1) is 0 Å². The van der Waals surface area contributed by atoms with Crippen LogP contribution in [-0.4, -0.2) is 9.13 Å². The fourth-order valence-electron chi connectivity index (χ4n) is 7.06. The van der Waals surface area contributed by atoms with E-state index in [-0.39, 0.29) is 28.4 Å². The van der Waals surface area contributed by atoms with E-state index < -0.39 is 23.5 Å². The molecule has 0 N–H and O–H groups in total. The van der Waals surface area contributed by atoms with Gasteiger partial charge in [-0.25, -0.2) is 0 Å². The van der Waals surface area contributed by atoms with Crippen LogP contribution < -0.4 is 0 Å². The molecule has 0 aliphatic carbocycles. The molecule has 0 bridgehead atoms. The van der Waals surface area contributed by atoms with Crippen LogP contribution in [0.4, 0.5) is 26.3 Å². The SMILES string of the molecule is Cc1ccc2c3ccccc3n(-c3cc(-c4cc(C(F)(F)F)cc(C(F)(F)F)c4)c(-n4c5ccccc5c5ccc(C)cc54)cc3C#N)c2c1. The van der Waals surface area contributed by atoms with Gasteiger partial charge in [0.1, 0.15) is 6.07 Å². The molecule has 246 valence electrons. The Hall–Kier alpha value is -6.01. The minimum Gasteiger partial charge on any atom is -0.309 e. The first-order valence-electron chi connectivity index (χ1n) is 15.7. The molecule has 0 spiro atoms. The molecule has 6 aromatic carbocycles. The van der Waals surface area contributed by atoms with Gasteiger partial charge in [0.15, 0.2) is 0 Å². The van der Waals surface area contributed by atoms with E-state index in [2.05, 4.69) is 6.07 Å². The average molecular weight is 674 g/mol. The molecule has 0 amide bonds. The van der Waals surface area contributed by atoms with E-state index in [1.54, 1.807) is 12.1 Å². The van der Waals surface area contributed by atoms with Crippen molar-refractivity contribution in [3.05, 3.63) is 143 Å². The Kier molecular flexibility index (Phi) is 6.88. The predicted molar refractivity (Wildman–Crippen MR) is 185 cm³/mol. The summed E-state index contributed by atoms with van der Waals surface area (Å²) in [6, 6.07) is 33.7. The molecule has 8 rings (SSSR count). The average Bonchev–Trinajstić information content (AvgIpc) is 3.58. The maximum absolute atomic E-state index is 14.3. The fourth-order valence-corrected chi connectivity index (χ4v) is 7.06. The number of para-hydroxylation sites is 2. The van der Waals surface area contributed by atoms with Crippen molar-refractivity contribution in [2.75, 3.05) is 0 Å². The second-order valence-corrected chi connectivity index (χ2v) is 12.5. The lowest BCUT2D eigenvalue weighted by Crippen LogP contribution is -2.11. The van der Waals surface area contributed by atoms with E-state index >= 15 is 0 Å². The lowest BCUT2D eigenvalue weighted by Gasteiger charge is -2.20. The van der Waals surface area contributed by atoms with E-state index in [1.165, 1.54) is 0 Å². The summed E-state index contributed by atoms with van der Waals surface area (Å²) in [5.74, 6) is 0. The highest BCUT2D eigenvalue weighted by molar-refractivity contribution is 6.11. The quantitative estimate of drug-likeness (QED) is 0.172. The van der Waals surface area contributed by atoms with Gasteiger partial charge in [0, 0.05) is 27.1 Å². The molecule has 0 aliphatic rings. The molecule has 2 heterocycles. The summed E-state index contributed by atoms with van der Waals surface area (Å²) in [4.78, 5) is 0. The third-order valence-corrected chi connectivity index (χ3v) is 9.27. The first-order chi connectivity index (χ1) is 23.8. The minimum absolute atomic E-state index is 0.0957. The maximum Gasteiger partial charge on any atom is 0.416 e. The second-order valence-electron chi connectivity index (χ2n) is 12.5. The Labute approximate surface area is 281 Å². The van der Waals surface area contributed by atoms with Crippen molar-refractivity contribution >= 4 is 43.6 Å². The van der Waals surface area contributed by atoms with Crippen molar-refractivity contribution in [2.24, 2.45) is 0 Å². The fraction of sp³-hybridized carbons (Fsp3) is 0.0976. The molecule has 2 aromatic heterocycles. The van der Waals surface area contributed by atoms with Gasteiger partial charge in [0.05, 0.1) is 50.1 Å². The van der Waals surface area contributed by atoms with Crippen molar-refractivity contribution in [2.45, 2.75) is 26.2 Å². The largest absolute Gasteiger partial charge is 0.416 e. The third-order valence-electron chi connectivity index (χ3n) is 9.27. The van der Waals surface area contributed by atoms with Gasteiger partial charge in [0.2, 0.25) is 0 Å². The van der Waals surface area contributed by atoms with Gasteiger partial charge in [0.25, 0.3) is 0 Å². The minimum atomic E-state index is -5.06. The summed E-state index contributed by atoms with van der Waals surface area (Å²) in [6.07, 6.45) is -10.1. The van der Waals surface area contributed by atoms with Gasteiger partial charge >= 0.3 is 12.4 Å². The molecule has 8 aromatic rings. The molecule has 0 radical (unpaired) electrons. The zero-order valence-corrected chi connectivity index (χ0v) is 26.6. The van der Waals surface area contributed by atoms with Crippen LogP contribution in [0, 0.1) is 25.2 Å². The van der Waals surface area contributed by atoms with Crippen LogP contribution in [0.1, 0.15) is 27.8 Å². The van der Waals surface area contributed by atoms with Crippen LogP contribution in [0.15, 0.2) is 115 Å². The Balaban J connectivity index is 1.57. The maximum atomic E-state index is 14.3. The Morgan fingerprint density at radius 2 is 0.960 bits per heavy atom. The number of halogens is 6. The van der Waals surface area contributed by atoms with Crippen LogP contribution in [0.3, 0.4) is 0 Å². The lowest BCUT2D eigenvalue weighted by atomic mass is 9.95. The van der Waals surface area contributed by atoms with Gasteiger partial charge in [-0.3, -0.25) is 0 Å². The van der Waals surface area contributed by atoms with Crippen LogP contribution in [0.5, 0.6) is 0 Å². The molecule has 0 saturated carbocycles. The van der Waals surface area contributed by atoms with E-state index in [0.29, 0.717) is 16.7 Å². The number of hydrogen-bond donors (Lipinski definition) is 0. The third kappa shape index (κ3) is 4.90. The van der Waals surface area contributed by atoms with Gasteiger partial charge in [-0.1, -0.05) is 60.7 Å². The number of nitrogens with zero attached hydrogens (tertiary/aromatic N) is 3. The van der Waals surface area contributed by atoms with Crippen LogP contribution >= 0.6 is 0 Å². The first kappa shape index (κ1) is 31.3. The summed E-state index contributed by atoms with van der Waals surface area (Å²) in [5.41, 5.74) is 2.43. The molecular weight excluding hydrogens is 648 g/mol. The van der Waals surface area contributed by atoms with Crippen molar-refractivity contribution in [1.82, 2.24) is 9.13 Å². The predicted octanol–water partition coefficient (Wildman–Crippen LogP) is 12.1. The van der Waals surface area contributed by atoms with Crippen LogP contribution in [0.25, 0.3) is 66.1 Å². The molecule has 0 aliphatic heterocycles. The van der Waals surface area contributed by atoms with Gasteiger partial charge in [-0.2, -0.15) is 31.6 Å². The molecule has 3 nitrogen and oxygen atoms in total. The normalized spacial score (nSPS) is 12.4. The molecule has 9 heteroatoms. The Morgan fingerprint density at radius 1 is 0.500 bits per heavy atom. The van der Waals surface area contributed by atoms with Crippen molar-refractivity contribution in [3.63, 3.8) is 0 Å². The van der Waals surface area contributed by atoms with E-state index in [4.69, 9.17) is 0 Å². The van der Waals surface area contributed by atoms with Crippen LogP contribution in [0.2, 0.25) is 0 Å². The number of benzene rings is 6. The van der Waals surface area contributed by atoms with E-state index in [9.17, 15) is 31.6 Å². The van der Waals surface area contributed by atoms with Crippen molar-refractivity contribution < 1.29 is 26.3 Å². The zero-order chi connectivity index (χ0) is 35.1. The monoisotopic (exact) mass is 673 g/mol. The number of nitriles is 1. The highest BCUT2D eigenvalue weighted by atomic mass is 19.4. The standard InChI is InChI=1S/C41H25F6N3/c1-23-11-13-31-29-7-3-5-9-34(29)49(37(31)15-23)36-21-33(25-17-27(40(42,43)44)20-28(18-25)41(45,46)47)39(19-26(36)22-48)50-35-10-6-4-8-30(35)32-14-12-24(2)16-38(32)50/h3-21H,1-2H3. The highest BCUT2D eigenvalue weighted by Gasteiger charge is 2.37. The number of fused-ring (bicyclic) bond motifs is 6. The summed E-state index contributed by atoms with van der Waals surface area (Å²) >= 11 is 0. The number of aromatic nitrogens is 2. The summed E-state index contributed by atoms with van der Waals surface area (Å²) in [7, 11) is 0. The van der Waals surface area contributed by atoms with Gasteiger partial charge in [-0.05, 0) is 85.1 Å². The first-order valence-corrected chi connectivity index (χ1v) is 15.7. The zero-order valence-electron chi connectivity index (χ0n) is 26.6. The molecular formula is C41H25F6N3. The van der Waals surface area contributed by atoms with Crippen LogP contribution in [-0.2, 0) is 12.4 Å². The number of rotatable bonds is 3. The van der Waals surface area contributed by atoms with E-state index in [0.717, 1.165) is 55.8 Å². The second kappa shape index (κ2) is 11.0. The molecule has 0 fully saturated rings.